The zero-order chi connectivity index (χ0) is 15.9. The molecule has 2 aromatic carbocycles. The first-order valence-electron chi connectivity index (χ1n) is 6.91. The summed E-state index contributed by atoms with van der Waals surface area (Å²) in [5, 5.41) is 2.62. The summed E-state index contributed by atoms with van der Waals surface area (Å²) in [7, 11) is 1.61. The number of hydrogen-bond donors (Lipinski definition) is 1. The fraction of sp³-hybridized carbons (Fsp3) is 0.235. The summed E-state index contributed by atoms with van der Waals surface area (Å²) in [6.07, 6.45) is 0. The molecule has 1 atom stereocenters. The summed E-state index contributed by atoms with van der Waals surface area (Å²) in [5.41, 5.74) is 0.869. The first-order valence-corrected chi connectivity index (χ1v) is 7.79. The van der Waals surface area contributed by atoms with Crippen molar-refractivity contribution in [3.8, 4) is 5.75 Å². The fourth-order valence-corrected chi connectivity index (χ4v) is 2.81. The Balaban J connectivity index is 1.87. The number of amides is 1. The molecule has 0 aliphatic heterocycles. The Morgan fingerprint density at radius 3 is 2.68 bits per heavy atom. The topological polar surface area (TPSA) is 38.3 Å². The summed E-state index contributed by atoms with van der Waals surface area (Å²) in [4.78, 5) is 13.1. The van der Waals surface area contributed by atoms with Crippen LogP contribution in [-0.2, 0) is 11.3 Å². The number of thioether (sulfide) groups is 1. The maximum absolute atomic E-state index is 12.8. The van der Waals surface area contributed by atoms with E-state index < -0.39 is 0 Å². The predicted molar refractivity (Wildman–Crippen MR) is 86.6 cm³/mol. The molecule has 1 amide bonds. The molecule has 2 aromatic rings. The maximum atomic E-state index is 12.8. The normalized spacial score (nSPS) is 11.8. The third kappa shape index (κ3) is 4.77. The Kier molecular flexibility index (Phi) is 5.83. The molecule has 2 rings (SSSR count). The highest BCUT2D eigenvalue weighted by Gasteiger charge is 2.14. The van der Waals surface area contributed by atoms with E-state index in [1.54, 1.807) is 19.2 Å². The molecule has 0 bridgehead atoms. The Labute approximate surface area is 133 Å². The van der Waals surface area contributed by atoms with Crippen molar-refractivity contribution in [1.29, 1.82) is 0 Å². The zero-order valence-corrected chi connectivity index (χ0v) is 13.3. The monoisotopic (exact) mass is 319 g/mol. The van der Waals surface area contributed by atoms with Crippen LogP contribution in [0.2, 0.25) is 0 Å². The Morgan fingerprint density at radius 1 is 1.27 bits per heavy atom. The van der Waals surface area contributed by atoms with Gasteiger partial charge >= 0.3 is 0 Å². The van der Waals surface area contributed by atoms with Gasteiger partial charge in [0.25, 0.3) is 0 Å². The zero-order valence-electron chi connectivity index (χ0n) is 12.5. The molecule has 3 nitrogen and oxygen atoms in total. The molecule has 1 N–H and O–H groups in total. The van der Waals surface area contributed by atoms with Crippen molar-refractivity contribution in [2.75, 3.05) is 7.11 Å². The number of carbonyl (C=O) groups is 1. The van der Waals surface area contributed by atoms with Crippen LogP contribution < -0.4 is 10.1 Å². The van der Waals surface area contributed by atoms with Gasteiger partial charge in [-0.05, 0) is 42.8 Å². The van der Waals surface area contributed by atoms with Gasteiger partial charge in [0.15, 0.2) is 0 Å². The number of rotatable bonds is 6. The van der Waals surface area contributed by atoms with Crippen molar-refractivity contribution in [1.82, 2.24) is 5.32 Å². The van der Waals surface area contributed by atoms with Crippen LogP contribution in [0.5, 0.6) is 5.75 Å². The molecule has 22 heavy (non-hydrogen) atoms. The molecule has 0 radical (unpaired) electrons. The lowest BCUT2D eigenvalue weighted by molar-refractivity contribution is -0.120. The summed E-state index contributed by atoms with van der Waals surface area (Å²) >= 11 is 1.47. The SMILES string of the molecule is COc1cccc(SC(C)C(=O)NCc2ccc(F)cc2)c1. The number of benzene rings is 2. The number of ether oxygens (including phenoxy) is 1. The van der Waals surface area contributed by atoms with Gasteiger partial charge < -0.3 is 10.1 Å². The van der Waals surface area contributed by atoms with Crippen molar-refractivity contribution in [3.05, 3.63) is 59.9 Å². The molecule has 5 heteroatoms. The molecule has 0 heterocycles. The predicted octanol–water partition coefficient (Wildman–Crippen LogP) is 3.63. The van der Waals surface area contributed by atoms with Crippen LogP contribution in [0, 0.1) is 5.82 Å². The second-order valence-corrected chi connectivity index (χ2v) is 6.20. The van der Waals surface area contributed by atoms with Crippen LogP contribution in [0.4, 0.5) is 4.39 Å². The quantitative estimate of drug-likeness (QED) is 0.826. The molecule has 0 spiro atoms. The third-order valence-corrected chi connectivity index (χ3v) is 4.20. The second-order valence-electron chi connectivity index (χ2n) is 4.78. The molecule has 116 valence electrons. The number of hydrogen-bond acceptors (Lipinski definition) is 3. The molecule has 0 saturated heterocycles. The fourth-order valence-electron chi connectivity index (χ4n) is 1.87. The van der Waals surface area contributed by atoms with Crippen molar-refractivity contribution < 1.29 is 13.9 Å². The van der Waals surface area contributed by atoms with Gasteiger partial charge in [0, 0.05) is 11.4 Å². The highest BCUT2D eigenvalue weighted by Crippen LogP contribution is 2.26. The van der Waals surface area contributed by atoms with E-state index in [1.165, 1.54) is 23.9 Å². The standard InChI is InChI=1S/C17H18FNO2S/c1-12(22-16-5-3-4-15(10-16)21-2)17(20)19-11-13-6-8-14(18)9-7-13/h3-10,12H,11H2,1-2H3,(H,19,20). The Bertz CT molecular complexity index is 631. The summed E-state index contributed by atoms with van der Waals surface area (Å²) in [6, 6.07) is 13.7. The van der Waals surface area contributed by atoms with Crippen LogP contribution in [0.25, 0.3) is 0 Å². The molecule has 0 aliphatic rings. The first kappa shape index (κ1) is 16.4. The molecule has 0 aliphatic carbocycles. The summed E-state index contributed by atoms with van der Waals surface area (Å²) in [6.45, 7) is 2.24. The van der Waals surface area contributed by atoms with E-state index in [-0.39, 0.29) is 17.0 Å². The average molecular weight is 319 g/mol. The number of methoxy groups -OCH3 is 1. The molecule has 0 saturated carbocycles. The van der Waals surface area contributed by atoms with E-state index in [1.807, 2.05) is 31.2 Å². The summed E-state index contributed by atoms with van der Waals surface area (Å²) < 4.78 is 18.0. The smallest absolute Gasteiger partial charge is 0.233 e. The Hall–Kier alpha value is -2.01. The highest BCUT2D eigenvalue weighted by molar-refractivity contribution is 8.00. The Morgan fingerprint density at radius 2 is 2.00 bits per heavy atom. The third-order valence-electron chi connectivity index (χ3n) is 3.10. The van der Waals surface area contributed by atoms with Crippen molar-refractivity contribution in [2.45, 2.75) is 23.6 Å². The second kappa shape index (κ2) is 7.84. The lowest BCUT2D eigenvalue weighted by Crippen LogP contribution is -2.30. The minimum absolute atomic E-state index is 0.0582. The minimum Gasteiger partial charge on any atom is -0.497 e. The largest absolute Gasteiger partial charge is 0.497 e. The van der Waals surface area contributed by atoms with Gasteiger partial charge in [0.1, 0.15) is 11.6 Å². The lowest BCUT2D eigenvalue weighted by Gasteiger charge is -2.12. The summed E-state index contributed by atoms with van der Waals surface area (Å²) in [5.74, 6) is 0.429. The number of halogens is 1. The van der Waals surface area contributed by atoms with Crippen molar-refractivity contribution in [2.24, 2.45) is 0 Å². The molecular weight excluding hydrogens is 301 g/mol. The molecule has 0 aromatic heterocycles. The van der Waals surface area contributed by atoms with Crippen LogP contribution in [0.1, 0.15) is 12.5 Å². The van der Waals surface area contributed by atoms with Crippen LogP contribution in [0.3, 0.4) is 0 Å². The van der Waals surface area contributed by atoms with Gasteiger partial charge in [-0.25, -0.2) is 4.39 Å². The van der Waals surface area contributed by atoms with Gasteiger partial charge in [-0.2, -0.15) is 0 Å². The minimum atomic E-state index is -0.281. The van der Waals surface area contributed by atoms with E-state index in [2.05, 4.69) is 5.32 Å². The van der Waals surface area contributed by atoms with Gasteiger partial charge in [0.2, 0.25) is 5.91 Å². The average Bonchev–Trinajstić information content (AvgIpc) is 2.54. The number of nitrogens with one attached hydrogen (secondary N) is 1. The van der Waals surface area contributed by atoms with Gasteiger partial charge in [-0.15, -0.1) is 11.8 Å². The number of carbonyl (C=O) groups excluding carboxylic acids is 1. The van der Waals surface area contributed by atoms with Crippen molar-refractivity contribution in [3.63, 3.8) is 0 Å². The van der Waals surface area contributed by atoms with E-state index in [4.69, 9.17) is 4.74 Å². The van der Waals surface area contributed by atoms with Crippen LogP contribution in [0.15, 0.2) is 53.4 Å². The van der Waals surface area contributed by atoms with Crippen LogP contribution >= 0.6 is 11.8 Å². The molecule has 1 unspecified atom stereocenters. The van der Waals surface area contributed by atoms with Gasteiger partial charge in [-0.1, -0.05) is 18.2 Å². The lowest BCUT2D eigenvalue weighted by atomic mass is 10.2. The van der Waals surface area contributed by atoms with E-state index in [9.17, 15) is 9.18 Å². The van der Waals surface area contributed by atoms with Gasteiger partial charge in [-0.3, -0.25) is 4.79 Å². The first-order chi connectivity index (χ1) is 10.6. The molecule has 0 fully saturated rings. The maximum Gasteiger partial charge on any atom is 0.233 e. The van der Waals surface area contributed by atoms with E-state index in [0.717, 1.165) is 16.2 Å². The van der Waals surface area contributed by atoms with Gasteiger partial charge in [0.05, 0.1) is 12.4 Å². The highest BCUT2D eigenvalue weighted by atomic mass is 32.2. The van der Waals surface area contributed by atoms with E-state index in [0.29, 0.717) is 6.54 Å². The van der Waals surface area contributed by atoms with Crippen LogP contribution in [-0.4, -0.2) is 18.3 Å². The molecular formula is C17H18FNO2S. The van der Waals surface area contributed by atoms with E-state index >= 15 is 0 Å². The van der Waals surface area contributed by atoms with Crippen molar-refractivity contribution >= 4 is 17.7 Å².